The first-order chi connectivity index (χ1) is 13.0. The summed E-state index contributed by atoms with van der Waals surface area (Å²) in [5.41, 5.74) is 10.2. The first-order valence-electron chi connectivity index (χ1n) is 8.31. The van der Waals surface area contributed by atoms with E-state index in [2.05, 4.69) is 10.6 Å². The predicted octanol–water partition coefficient (Wildman–Crippen LogP) is -3.51. The van der Waals surface area contributed by atoms with Crippen LogP contribution in [0.5, 0.6) is 0 Å². The molecule has 0 spiro atoms. The number of hydrogen-bond donors (Lipinski definition) is 7. The topological polar surface area (TPSA) is 214 Å². The van der Waals surface area contributed by atoms with E-state index in [1.165, 1.54) is 18.7 Å². The SMILES string of the molecule is CSCCC(NC(=O)CN)C(=O)NC(C(=O)NC(CC(N)=O)C(=O)O)C(C)O. The highest BCUT2D eigenvalue weighted by atomic mass is 32.2. The molecule has 0 saturated carbocycles. The van der Waals surface area contributed by atoms with Crippen molar-refractivity contribution < 1.29 is 34.2 Å². The van der Waals surface area contributed by atoms with Gasteiger partial charge in [-0.25, -0.2) is 4.79 Å². The molecule has 0 rings (SSSR count). The number of primary amides is 1. The standard InChI is InChI=1S/C15H27N5O7S/c1-7(21)12(14(25)19-9(15(26)27)5-10(17)22)20-13(24)8(3-4-28-2)18-11(23)6-16/h7-9,12,21H,3-6,16H2,1-2H3,(H2,17,22)(H,18,23)(H,19,25)(H,20,24)(H,26,27). The number of aliphatic hydroxyl groups excluding tert-OH is 1. The summed E-state index contributed by atoms with van der Waals surface area (Å²) in [5, 5.41) is 25.6. The number of carboxylic acid groups (broad SMARTS) is 1. The Morgan fingerprint density at radius 2 is 1.64 bits per heavy atom. The lowest BCUT2D eigenvalue weighted by molar-refractivity contribution is -0.144. The maximum absolute atomic E-state index is 12.5. The second-order valence-corrected chi connectivity index (χ2v) is 6.89. The zero-order valence-electron chi connectivity index (χ0n) is 15.6. The summed E-state index contributed by atoms with van der Waals surface area (Å²) in [6.07, 6.45) is -0.00813. The van der Waals surface area contributed by atoms with Gasteiger partial charge in [-0.05, 0) is 25.4 Å². The number of aliphatic carboxylic acids is 1. The van der Waals surface area contributed by atoms with E-state index in [1.807, 2.05) is 5.32 Å². The minimum atomic E-state index is -1.62. The largest absolute Gasteiger partial charge is 0.480 e. The molecule has 0 aliphatic heterocycles. The number of nitrogens with two attached hydrogens (primary N) is 2. The molecule has 13 heteroatoms. The van der Waals surface area contributed by atoms with Gasteiger partial charge in [-0.2, -0.15) is 11.8 Å². The minimum absolute atomic E-state index is 0.242. The van der Waals surface area contributed by atoms with E-state index in [4.69, 9.17) is 16.6 Å². The van der Waals surface area contributed by atoms with Crippen molar-refractivity contribution in [3.05, 3.63) is 0 Å². The van der Waals surface area contributed by atoms with E-state index < -0.39 is 60.2 Å². The van der Waals surface area contributed by atoms with Crippen LogP contribution in [0, 0.1) is 0 Å². The third-order valence-corrected chi connectivity index (χ3v) is 4.17. The van der Waals surface area contributed by atoms with Crippen LogP contribution in [-0.2, 0) is 24.0 Å². The van der Waals surface area contributed by atoms with Gasteiger partial charge < -0.3 is 37.6 Å². The average Bonchev–Trinajstić information content (AvgIpc) is 2.60. The lowest BCUT2D eigenvalue weighted by atomic mass is 10.1. The molecule has 0 aliphatic rings. The number of nitrogens with one attached hydrogen (secondary N) is 3. The Kier molecular flexibility index (Phi) is 11.8. The van der Waals surface area contributed by atoms with Crippen molar-refractivity contribution in [1.82, 2.24) is 16.0 Å². The first kappa shape index (κ1) is 25.6. The minimum Gasteiger partial charge on any atom is -0.480 e. The van der Waals surface area contributed by atoms with Crippen molar-refractivity contribution in [2.24, 2.45) is 11.5 Å². The van der Waals surface area contributed by atoms with Crippen molar-refractivity contribution in [3.63, 3.8) is 0 Å². The molecule has 28 heavy (non-hydrogen) atoms. The second-order valence-electron chi connectivity index (χ2n) is 5.90. The summed E-state index contributed by atoms with van der Waals surface area (Å²) in [7, 11) is 0. The Morgan fingerprint density at radius 1 is 1.04 bits per heavy atom. The van der Waals surface area contributed by atoms with Crippen LogP contribution in [-0.4, -0.2) is 82.6 Å². The number of thioether (sulfide) groups is 1. The number of rotatable bonds is 13. The molecular formula is C15H27N5O7S. The molecule has 0 aromatic heterocycles. The van der Waals surface area contributed by atoms with E-state index in [1.54, 1.807) is 6.26 Å². The van der Waals surface area contributed by atoms with Gasteiger partial charge in [0.25, 0.3) is 0 Å². The lowest BCUT2D eigenvalue weighted by Crippen LogP contribution is -2.59. The fraction of sp³-hybridized carbons (Fsp3) is 0.667. The molecule has 0 fully saturated rings. The van der Waals surface area contributed by atoms with Crippen molar-refractivity contribution in [2.75, 3.05) is 18.6 Å². The molecule has 4 amide bonds. The highest BCUT2D eigenvalue weighted by molar-refractivity contribution is 7.98. The summed E-state index contributed by atoms with van der Waals surface area (Å²) < 4.78 is 0. The fourth-order valence-corrected chi connectivity index (χ4v) is 2.55. The fourth-order valence-electron chi connectivity index (χ4n) is 2.08. The summed E-state index contributed by atoms with van der Waals surface area (Å²) in [6, 6.07) is -4.14. The van der Waals surface area contributed by atoms with Crippen LogP contribution in [0.15, 0.2) is 0 Å². The van der Waals surface area contributed by atoms with E-state index in [0.717, 1.165) is 0 Å². The van der Waals surface area contributed by atoms with Crippen LogP contribution in [0.3, 0.4) is 0 Å². The average molecular weight is 421 g/mol. The van der Waals surface area contributed by atoms with Crippen LogP contribution in [0.2, 0.25) is 0 Å². The molecule has 160 valence electrons. The van der Waals surface area contributed by atoms with E-state index in [9.17, 15) is 29.1 Å². The quantitative estimate of drug-likeness (QED) is 0.157. The molecule has 12 nitrogen and oxygen atoms in total. The number of carbonyl (C=O) groups excluding carboxylic acids is 4. The maximum Gasteiger partial charge on any atom is 0.326 e. The molecule has 0 aromatic rings. The number of carboxylic acids is 1. The van der Waals surface area contributed by atoms with Crippen molar-refractivity contribution in [2.45, 2.75) is 44.0 Å². The molecule has 0 aromatic carbocycles. The molecule has 0 heterocycles. The number of hydrogen-bond acceptors (Lipinski definition) is 8. The van der Waals surface area contributed by atoms with Crippen molar-refractivity contribution in [3.8, 4) is 0 Å². The summed E-state index contributed by atoms with van der Waals surface area (Å²) in [6.45, 7) is 0.876. The molecule has 4 atom stereocenters. The van der Waals surface area contributed by atoms with E-state index in [0.29, 0.717) is 5.75 Å². The normalized spacial score (nSPS) is 14.9. The number of amides is 4. The Bertz CT molecular complexity index is 587. The van der Waals surface area contributed by atoms with Crippen LogP contribution in [0.4, 0.5) is 0 Å². The van der Waals surface area contributed by atoms with Crippen molar-refractivity contribution >= 4 is 41.4 Å². The second kappa shape index (κ2) is 12.9. The van der Waals surface area contributed by atoms with Crippen LogP contribution in [0.25, 0.3) is 0 Å². The monoisotopic (exact) mass is 421 g/mol. The van der Waals surface area contributed by atoms with Gasteiger partial charge in [0.15, 0.2) is 0 Å². The van der Waals surface area contributed by atoms with Crippen LogP contribution < -0.4 is 27.4 Å². The van der Waals surface area contributed by atoms with Crippen LogP contribution in [0.1, 0.15) is 19.8 Å². The van der Waals surface area contributed by atoms with Gasteiger partial charge in [0.2, 0.25) is 23.6 Å². The molecule has 0 saturated heterocycles. The van der Waals surface area contributed by atoms with Gasteiger partial charge in [0.05, 0.1) is 19.1 Å². The van der Waals surface area contributed by atoms with E-state index in [-0.39, 0.29) is 13.0 Å². The summed E-state index contributed by atoms with van der Waals surface area (Å²) >= 11 is 1.43. The summed E-state index contributed by atoms with van der Waals surface area (Å²) in [4.78, 5) is 58.4. The highest BCUT2D eigenvalue weighted by Crippen LogP contribution is 2.04. The molecular weight excluding hydrogens is 394 g/mol. The smallest absolute Gasteiger partial charge is 0.326 e. The molecule has 0 bridgehead atoms. The third kappa shape index (κ3) is 9.53. The van der Waals surface area contributed by atoms with Gasteiger partial charge in [-0.15, -0.1) is 0 Å². The number of aliphatic hydroxyl groups is 1. The van der Waals surface area contributed by atoms with Crippen molar-refractivity contribution in [1.29, 1.82) is 0 Å². The Hall–Kier alpha value is -2.38. The van der Waals surface area contributed by atoms with Gasteiger partial charge in [-0.1, -0.05) is 0 Å². The van der Waals surface area contributed by atoms with Gasteiger partial charge in [0, 0.05) is 0 Å². The van der Waals surface area contributed by atoms with Gasteiger partial charge in [-0.3, -0.25) is 19.2 Å². The summed E-state index contributed by atoms with van der Waals surface area (Å²) in [5.74, 6) is -4.28. The zero-order chi connectivity index (χ0) is 21.9. The maximum atomic E-state index is 12.5. The first-order valence-corrected chi connectivity index (χ1v) is 9.71. The number of carbonyl (C=O) groups is 5. The highest BCUT2D eigenvalue weighted by Gasteiger charge is 2.32. The van der Waals surface area contributed by atoms with Gasteiger partial charge >= 0.3 is 5.97 Å². The molecule has 4 unspecified atom stereocenters. The van der Waals surface area contributed by atoms with Crippen LogP contribution >= 0.6 is 11.8 Å². The molecule has 9 N–H and O–H groups in total. The van der Waals surface area contributed by atoms with Gasteiger partial charge in [0.1, 0.15) is 18.1 Å². The molecule has 0 aliphatic carbocycles. The third-order valence-electron chi connectivity index (χ3n) is 3.53. The predicted molar refractivity (Wildman–Crippen MR) is 101 cm³/mol. The Balaban J connectivity index is 5.24. The zero-order valence-corrected chi connectivity index (χ0v) is 16.5. The Labute approximate surface area is 166 Å². The molecule has 0 radical (unpaired) electrons. The van der Waals surface area contributed by atoms with E-state index >= 15 is 0 Å². The lowest BCUT2D eigenvalue weighted by Gasteiger charge is -2.25. The Morgan fingerprint density at radius 3 is 2.07 bits per heavy atom.